The molecule has 3 unspecified atom stereocenters. The first-order valence-corrected chi connectivity index (χ1v) is 8.41. The van der Waals surface area contributed by atoms with Gasteiger partial charge < -0.3 is 10.4 Å². The summed E-state index contributed by atoms with van der Waals surface area (Å²) in [6.45, 7) is 6.53. The number of aliphatic hydroxyl groups excluding tert-OH is 1. The first kappa shape index (κ1) is 13.9. The monoisotopic (exact) mass is 265 g/mol. The number of nitrogens with one attached hydrogen (secondary N) is 1. The molecule has 4 aliphatic rings. The lowest BCUT2D eigenvalue weighted by atomic mass is 9.48. The second kappa shape index (κ2) is 5.04. The third kappa shape index (κ3) is 2.71. The summed E-state index contributed by atoms with van der Waals surface area (Å²) in [5.41, 5.74) is 0.585. The van der Waals surface area contributed by atoms with E-state index in [9.17, 15) is 5.11 Å². The molecule has 4 bridgehead atoms. The zero-order chi connectivity index (χ0) is 13.6. The summed E-state index contributed by atoms with van der Waals surface area (Å²) in [6.07, 6.45) is 9.65. The molecule has 0 aromatic rings. The zero-order valence-corrected chi connectivity index (χ0v) is 12.9. The molecule has 19 heavy (non-hydrogen) atoms. The zero-order valence-electron chi connectivity index (χ0n) is 12.9. The van der Waals surface area contributed by atoms with Crippen LogP contribution < -0.4 is 5.32 Å². The molecule has 4 fully saturated rings. The summed E-state index contributed by atoms with van der Waals surface area (Å²) in [7, 11) is 0. The summed E-state index contributed by atoms with van der Waals surface area (Å²) >= 11 is 0. The van der Waals surface area contributed by atoms with Crippen molar-refractivity contribution in [3.8, 4) is 0 Å². The Kier molecular flexibility index (Phi) is 3.68. The van der Waals surface area contributed by atoms with Crippen LogP contribution in [0.25, 0.3) is 0 Å². The molecular weight excluding hydrogens is 234 g/mol. The second-order valence-corrected chi connectivity index (χ2v) is 8.15. The van der Waals surface area contributed by atoms with Gasteiger partial charge in [0.05, 0.1) is 6.10 Å². The SMILES string of the molecule is CC(O)CC(C)NC(C)C12CC3CC(CC(C3)C1)C2. The maximum Gasteiger partial charge on any atom is 0.0526 e. The van der Waals surface area contributed by atoms with Crippen LogP contribution in [0.2, 0.25) is 0 Å². The Morgan fingerprint density at radius 2 is 1.47 bits per heavy atom. The van der Waals surface area contributed by atoms with Gasteiger partial charge >= 0.3 is 0 Å². The van der Waals surface area contributed by atoms with E-state index in [1.54, 1.807) is 0 Å². The summed E-state index contributed by atoms with van der Waals surface area (Å²) in [6, 6.07) is 1.05. The highest BCUT2D eigenvalue weighted by Gasteiger charge is 2.53. The summed E-state index contributed by atoms with van der Waals surface area (Å²) < 4.78 is 0. The van der Waals surface area contributed by atoms with Crippen LogP contribution in [0.1, 0.15) is 65.7 Å². The molecule has 0 aromatic heterocycles. The normalized spacial score (nSPS) is 45.2. The fourth-order valence-electron chi connectivity index (χ4n) is 5.89. The molecule has 0 saturated heterocycles. The average molecular weight is 265 g/mol. The van der Waals surface area contributed by atoms with Crippen molar-refractivity contribution in [1.29, 1.82) is 0 Å². The molecule has 0 amide bonds. The smallest absolute Gasteiger partial charge is 0.0526 e. The van der Waals surface area contributed by atoms with Gasteiger partial charge in [0.2, 0.25) is 0 Å². The molecule has 0 aromatic carbocycles. The Morgan fingerprint density at radius 3 is 1.89 bits per heavy atom. The van der Waals surface area contributed by atoms with Crippen LogP contribution in [0.5, 0.6) is 0 Å². The predicted molar refractivity (Wildman–Crippen MR) is 79.0 cm³/mol. The number of hydrogen-bond donors (Lipinski definition) is 2. The van der Waals surface area contributed by atoms with Crippen molar-refractivity contribution < 1.29 is 5.11 Å². The van der Waals surface area contributed by atoms with E-state index in [2.05, 4.69) is 19.2 Å². The van der Waals surface area contributed by atoms with Crippen LogP contribution in [0, 0.1) is 23.2 Å². The summed E-state index contributed by atoms with van der Waals surface area (Å²) in [5, 5.41) is 13.3. The molecule has 2 N–H and O–H groups in total. The fraction of sp³-hybridized carbons (Fsp3) is 1.00. The highest BCUT2D eigenvalue weighted by atomic mass is 16.3. The van der Waals surface area contributed by atoms with E-state index >= 15 is 0 Å². The van der Waals surface area contributed by atoms with Gasteiger partial charge in [0.25, 0.3) is 0 Å². The van der Waals surface area contributed by atoms with Crippen molar-refractivity contribution in [2.75, 3.05) is 0 Å². The maximum atomic E-state index is 9.53. The molecule has 0 heterocycles. The van der Waals surface area contributed by atoms with Crippen LogP contribution >= 0.6 is 0 Å². The lowest BCUT2D eigenvalue weighted by molar-refractivity contribution is -0.0724. The van der Waals surface area contributed by atoms with Gasteiger partial charge in [0.1, 0.15) is 0 Å². The van der Waals surface area contributed by atoms with E-state index in [1.807, 2.05) is 6.92 Å². The molecular formula is C17H31NO. The minimum Gasteiger partial charge on any atom is -0.393 e. The predicted octanol–water partition coefficient (Wildman–Crippen LogP) is 3.34. The van der Waals surface area contributed by atoms with Gasteiger partial charge in [0, 0.05) is 12.1 Å². The van der Waals surface area contributed by atoms with Gasteiger partial charge in [-0.3, -0.25) is 0 Å². The highest BCUT2D eigenvalue weighted by Crippen LogP contribution is 2.61. The van der Waals surface area contributed by atoms with Gasteiger partial charge in [-0.05, 0) is 88.9 Å². The molecule has 2 nitrogen and oxygen atoms in total. The quantitative estimate of drug-likeness (QED) is 0.799. The minimum absolute atomic E-state index is 0.189. The van der Waals surface area contributed by atoms with E-state index in [4.69, 9.17) is 0 Å². The van der Waals surface area contributed by atoms with Crippen molar-refractivity contribution in [3.05, 3.63) is 0 Å². The van der Waals surface area contributed by atoms with E-state index in [0.717, 1.165) is 24.2 Å². The van der Waals surface area contributed by atoms with Crippen LogP contribution in [0.3, 0.4) is 0 Å². The van der Waals surface area contributed by atoms with E-state index in [1.165, 1.54) is 38.5 Å². The minimum atomic E-state index is -0.189. The molecule has 4 saturated carbocycles. The summed E-state index contributed by atoms with van der Waals surface area (Å²) in [4.78, 5) is 0. The Hall–Kier alpha value is -0.0800. The van der Waals surface area contributed by atoms with Crippen LogP contribution in [-0.2, 0) is 0 Å². The first-order chi connectivity index (χ1) is 8.97. The molecule has 3 atom stereocenters. The lowest BCUT2D eigenvalue weighted by Gasteiger charge is -2.59. The number of aliphatic hydroxyl groups is 1. The lowest BCUT2D eigenvalue weighted by Crippen LogP contribution is -2.56. The topological polar surface area (TPSA) is 32.3 Å². The highest BCUT2D eigenvalue weighted by molar-refractivity contribution is 5.05. The van der Waals surface area contributed by atoms with Crippen LogP contribution in [0.4, 0.5) is 0 Å². The van der Waals surface area contributed by atoms with Gasteiger partial charge in [0.15, 0.2) is 0 Å². The molecule has 0 aliphatic heterocycles. The standard InChI is InChI=1S/C17H31NO/c1-11(4-12(2)19)18-13(3)17-8-14-5-15(9-17)7-16(6-14)10-17/h11-16,18-19H,4-10H2,1-3H3. The largest absolute Gasteiger partial charge is 0.393 e. The Labute approximate surface area is 118 Å². The van der Waals surface area contributed by atoms with Crippen molar-refractivity contribution in [1.82, 2.24) is 5.32 Å². The summed E-state index contributed by atoms with van der Waals surface area (Å²) in [5.74, 6) is 3.09. The van der Waals surface area contributed by atoms with Gasteiger partial charge in [-0.25, -0.2) is 0 Å². The first-order valence-electron chi connectivity index (χ1n) is 8.41. The molecule has 0 spiro atoms. The van der Waals surface area contributed by atoms with Crippen molar-refractivity contribution in [2.45, 2.75) is 83.9 Å². The second-order valence-electron chi connectivity index (χ2n) is 8.15. The third-order valence-electron chi connectivity index (χ3n) is 6.23. The maximum absolute atomic E-state index is 9.53. The Morgan fingerprint density at radius 1 is 1.00 bits per heavy atom. The third-order valence-corrected chi connectivity index (χ3v) is 6.23. The van der Waals surface area contributed by atoms with E-state index in [0.29, 0.717) is 17.5 Å². The molecule has 110 valence electrons. The van der Waals surface area contributed by atoms with Crippen LogP contribution in [0.15, 0.2) is 0 Å². The van der Waals surface area contributed by atoms with Gasteiger partial charge in [-0.1, -0.05) is 0 Å². The fourth-order valence-corrected chi connectivity index (χ4v) is 5.89. The van der Waals surface area contributed by atoms with E-state index in [-0.39, 0.29) is 6.10 Å². The number of rotatable bonds is 5. The molecule has 0 radical (unpaired) electrons. The van der Waals surface area contributed by atoms with Crippen molar-refractivity contribution >= 4 is 0 Å². The molecule has 4 aliphatic carbocycles. The average Bonchev–Trinajstić information content (AvgIpc) is 2.25. The number of hydrogen-bond acceptors (Lipinski definition) is 2. The Balaban J connectivity index is 1.64. The molecule has 2 heteroatoms. The van der Waals surface area contributed by atoms with Crippen LogP contribution in [-0.4, -0.2) is 23.3 Å². The van der Waals surface area contributed by atoms with Gasteiger partial charge in [-0.15, -0.1) is 0 Å². The van der Waals surface area contributed by atoms with Gasteiger partial charge in [-0.2, -0.15) is 0 Å². The van der Waals surface area contributed by atoms with Crippen molar-refractivity contribution in [2.24, 2.45) is 23.2 Å². The Bertz CT molecular complexity index is 290. The van der Waals surface area contributed by atoms with Crippen molar-refractivity contribution in [3.63, 3.8) is 0 Å². The molecule has 4 rings (SSSR count). The van der Waals surface area contributed by atoms with E-state index < -0.39 is 0 Å².